The summed E-state index contributed by atoms with van der Waals surface area (Å²) in [7, 11) is 1.75. The van der Waals surface area contributed by atoms with Crippen molar-refractivity contribution in [3.05, 3.63) is 96.3 Å². The van der Waals surface area contributed by atoms with Crippen LogP contribution in [-0.4, -0.2) is 33.5 Å². The number of anilines is 1. The Balaban J connectivity index is 1.55. The summed E-state index contributed by atoms with van der Waals surface area (Å²) in [5.74, 6) is 0.264. The van der Waals surface area contributed by atoms with Crippen molar-refractivity contribution >= 4 is 23.4 Å². The van der Waals surface area contributed by atoms with Gasteiger partial charge in [-0.3, -0.25) is 4.79 Å². The highest BCUT2D eigenvalue weighted by Crippen LogP contribution is 2.27. The molecule has 7 heteroatoms. The van der Waals surface area contributed by atoms with Gasteiger partial charge in [0.25, 0.3) is 0 Å². The average Bonchev–Trinajstić information content (AvgIpc) is 3.24. The summed E-state index contributed by atoms with van der Waals surface area (Å²) in [6.45, 7) is 0.575. The number of thioether (sulfide) groups is 1. The quantitative estimate of drug-likeness (QED) is 0.354. The van der Waals surface area contributed by atoms with Gasteiger partial charge in [0.1, 0.15) is 5.82 Å². The van der Waals surface area contributed by atoms with Crippen molar-refractivity contribution in [3.63, 3.8) is 0 Å². The summed E-state index contributed by atoms with van der Waals surface area (Å²) in [5, 5.41) is 9.15. The Hall–Kier alpha value is -3.45. The summed E-state index contributed by atoms with van der Waals surface area (Å²) in [5.41, 5.74) is 2.39. The Bertz CT molecular complexity index is 1180. The van der Waals surface area contributed by atoms with E-state index in [4.69, 9.17) is 0 Å². The van der Waals surface area contributed by atoms with Gasteiger partial charge in [-0.05, 0) is 36.2 Å². The van der Waals surface area contributed by atoms with Gasteiger partial charge in [0.2, 0.25) is 5.91 Å². The fourth-order valence-electron chi connectivity index (χ4n) is 3.34. The number of carbonyl (C=O) groups excluding carboxylic acids is 1. The zero-order valence-electron chi connectivity index (χ0n) is 17.7. The summed E-state index contributed by atoms with van der Waals surface area (Å²) in [4.78, 5) is 14.3. The van der Waals surface area contributed by atoms with E-state index in [1.54, 1.807) is 30.1 Å². The maximum atomic E-state index is 14.5. The van der Waals surface area contributed by atoms with E-state index < -0.39 is 0 Å². The number of aromatic nitrogens is 3. The van der Waals surface area contributed by atoms with Gasteiger partial charge in [-0.2, -0.15) is 0 Å². The van der Waals surface area contributed by atoms with Gasteiger partial charge in [0.05, 0.1) is 11.3 Å². The molecular weight excluding hydrogens is 423 g/mol. The van der Waals surface area contributed by atoms with Crippen molar-refractivity contribution in [2.45, 2.75) is 18.1 Å². The van der Waals surface area contributed by atoms with Crippen molar-refractivity contribution in [1.29, 1.82) is 0 Å². The number of hydrogen-bond acceptors (Lipinski definition) is 4. The summed E-state index contributed by atoms with van der Waals surface area (Å²) in [6, 6.07) is 26.1. The van der Waals surface area contributed by atoms with Crippen LogP contribution in [0.2, 0.25) is 0 Å². The van der Waals surface area contributed by atoms with Crippen molar-refractivity contribution in [2.75, 3.05) is 17.7 Å². The van der Waals surface area contributed by atoms with Gasteiger partial charge in [-0.25, -0.2) is 4.39 Å². The van der Waals surface area contributed by atoms with Crippen LogP contribution in [0, 0.1) is 5.82 Å². The Morgan fingerprint density at radius 2 is 1.59 bits per heavy atom. The fraction of sp³-hybridized carbons (Fsp3) is 0.160. The van der Waals surface area contributed by atoms with Crippen LogP contribution in [0.25, 0.3) is 11.4 Å². The number of amides is 1. The summed E-state index contributed by atoms with van der Waals surface area (Å²) < 4.78 is 16.4. The van der Waals surface area contributed by atoms with Gasteiger partial charge in [-0.1, -0.05) is 72.4 Å². The first kappa shape index (κ1) is 21.8. The van der Waals surface area contributed by atoms with Crippen molar-refractivity contribution in [1.82, 2.24) is 14.8 Å². The average molecular weight is 447 g/mol. The molecule has 0 aliphatic rings. The predicted octanol–water partition coefficient (Wildman–Crippen LogP) is 5.08. The minimum atomic E-state index is -0.350. The Morgan fingerprint density at radius 1 is 0.938 bits per heavy atom. The zero-order valence-corrected chi connectivity index (χ0v) is 18.5. The van der Waals surface area contributed by atoms with Crippen molar-refractivity contribution in [2.24, 2.45) is 0 Å². The third kappa shape index (κ3) is 5.06. The third-order valence-electron chi connectivity index (χ3n) is 5.14. The van der Waals surface area contributed by atoms with Crippen molar-refractivity contribution < 1.29 is 9.18 Å². The Morgan fingerprint density at radius 3 is 2.31 bits per heavy atom. The van der Waals surface area contributed by atoms with Crippen LogP contribution in [0.1, 0.15) is 5.56 Å². The molecule has 162 valence electrons. The molecule has 0 spiro atoms. The summed E-state index contributed by atoms with van der Waals surface area (Å²) >= 11 is 1.31. The van der Waals surface area contributed by atoms with E-state index in [1.807, 2.05) is 53.1 Å². The van der Waals surface area contributed by atoms with Crippen molar-refractivity contribution in [3.8, 4) is 11.4 Å². The Kier molecular flexibility index (Phi) is 6.97. The lowest BCUT2D eigenvalue weighted by molar-refractivity contribution is -0.115. The summed E-state index contributed by atoms with van der Waals surface area (Å²) in [6.07, 6.45) is 0.742. The number of rotatable bonds is 8. The van der Waals surface area contributed by atoms with E-state index in [0.29, 0.717) is 23.1 Å². The molecule has 0 N–H and O–H groups in total. The first-order chi connectivity index (χ1) is 15.6. The molecule has 0 saturated carbocycles. The topological polar surface area (TPSA) is 51.0 Å². The highest BCUT2D eigenvalue weighted by molar-refractivity contribution is 7.99. The second kappa shape index (κ2) is 10.2. The highest BCUT2D eigenvalue weighted by Gasteiger charge is 2.19. The SMILES string of the molecule is CN(C(=O)CSc1nnc(-c2ccccc2F)n1CCc1ccccc1)c1ccccc1. The second-order valence-electron chi connectivity index (χ2n) is 7.25. The lowest BCUT2D eigenvalue weighted by Crippen LogP contribution is -2.28. The minimum Gasteiger partial charge on any atom is -0.315 e. The molecule has 0 aliphatic carbocycles. The van der Waals surface area contributed by atoms with Crippen LogP contribution in [0.5, 0.6) is 0 Å². The largest absolute Gasteiger partial charge is 0.315 e. The zero-order chi connectivity index (χ0) is 22.3. The molecule has 0 radical (unpaired) electrons. The number of hydrogen-bond donors (Lipinski definition) is 0. The van der Waals surface area contributed by atoms with Gasteiger partial charge in [-0.15, -0.1) is 10.2 Å². The van der Waals surface area contributed by atoms with Gasteiger partial charge >= 0.3 is 0 Å². The standard InChI is InChI=1S/C25H23FN4OS/c1-29(20-12-6-3-7-13-20)23(31)18-32-25-28-27-24(21-14-8-9-15-22(21)26)30(25)17-16-19-10-4-2-5-11-19/h2-15H,16-18H2,1H3. The molecular formula is C25H23FN4OS. The lowest BCUT2D eigenvalue weighted by Gasteiger charge is -2.17. The van der Waals surface area contributed by atoms with E-state index >= 15 is 0 Å². The normalized spacial score (nSPS) is 10.8. The second-order valence-corrected chi connectivity index (χ2v) is 8.19. The van der Waals surface area contributed by atoms with Gasteiger partial charge in [0, 0.05) is 19.3 Å². The number of halogens is 1. The van der Waals surface area contributed by atoms with E-state index in [9.17, 15) is 9.18 Å². The minimum absolute atomic E-state index is 0.0498. The van der Waals surface area contributed by atoms with E-state index in [0.717, 1.165) is 17.7 Å². The van der Waals surface area contributed by atoms with Crippen LogP contribution in [0.3, 0.4) is 0 Å². The van der Waals surface area contributed by atoms with E-state index in [-0.39, 0.29) is 17.5 Å². The van der Waals surface area contributed by atoms with E-state index in [1.165, 1.54) is 17.8 Å². The smallest absolute Gasteiger partial charge is 0.237 e. The molecule has 1 amide bonds. The molecule has 5 nitrogen and oxygen atoms in total. The van der Waals surface area contributed by atoms with Crippen LogP contribution in [-0.2, 0) is 17.8 Å². The maximum Gasteiger partial charge on any atom is 0.237 e. The lowest BCUT2D eigenvalue weighted by atomic mass is 10.1. The molecule has 32 heavy (non-hydrogen) atoms. The first-order valence-electron chi connectivity index (χ1n) is 10.3. The third-order valence-corrected chi connectivity index (χ3v) is 6.09. The molecule has 0 fully saturated rings. The highest BCUT2D eigenvalue weighted by atomic mass is 32.2. The number of carbonyl (C=O) groups is 1. The van der Waals surface area contributed by atoms with Crippen LogP contribution < -0.4 is 4.90 Å². The number of nitrogens with zero attached hydrogens (tertiary/aromatic N) is 4. The van der Waals surface area contributed by atoms with Crippen LogP contribution in [0.4, 0.5) is 10.1 Å². The molecule has 1 heterocycles. The molecule has 0 bridgehead atoms. The fourth-order valence-corrected chi connectivity index (χ4v) is 4.22. The molecule has 1 aromatic heterocycles. The monoisotopic (exact) mass is 446 g/mol. The molecule has 3 aromatic carbocycles. The van der Waals surface area contributed by atoms with Gasteiger partial charge in [0.15, 0.2) is 11.0 Å². The molecule has 4 aromatic rings. The molecule has 0 saturated heterocycles. The Labute approximate surface area is 190 Å². The number of aryl methyl sites for hydroxylation is 1. The maximum absolute atomic E-state index is 14.5. The van der Waals surface area contributed by atoms with Crippen LogP contribution >= 0.6 is 11.8 Å². The number of benzene rings is 3. The molecule has 0 unspecified atom stereocenters. The van der Waals surface area contributed by atoms with Gasteiger partial charge < -0.3 is 9.47 Å². The predicted molar refractivity (Wildman–Crippen MR) is 126 cm³/mol. The molecule has 0 atom stereocenters. The first-order valence-corrected chi connectivity index (χ1v) is 11.3. The molecule has 4 rings (SSSR count). The molecule has 0 aliphatic heterocycles. The van der Waals surface area contributed by atoms with E-state index in [2.05, 4.69) is 22.3 Å². The van der Waals surface area contributed by atoms with Crippen LogP contribution in [0.15, 0.2) is 90.1 Å². The number of para-hydroxylation sites is 1.